The zero-order chi connectivity index (χ0) is 18.9. The van der Waals surface area contributed by atoms with Crippen LogP contribution in [0.25, 0.3) is 5.69 Å². The molecule has 0 saturated carbocycles. The molecule has 0 aliphatic rings. The van der Waals surface area contributed by atoms with Crippen LogP contribution in [0.1, 0.15) is 23.2 Å². The van der Waals surface area contributed by atoms with Gasteiger partial charge in [-0.25, -0.2) is 4.68 Å². The van der Waals surface area contributed by atoms with Crippen LogP contribution in [0.2, 0.25) is 0 Å². The molecule has 2 N–H and O–H groups in total. The van der Waals surface area contributed by atoms with Crippen molar-refractivity contribution in [3.8, 4) is 5.69 Å². The number of nitrogens with one attached hydrogen (secondary N) is 2. The van der Waals surface area contributed by atoms with Gasteiger partial charge in [-0.15, -0.1) is 24.0 Å². The SMILES string of the molecule is CN=C(NCCCc1cn(-c2ccccc2)nc1C)NCc1ccccc1.I. The van der Waals surface area contributed by atoms with E-state index in [1.54, 1.807) is 7.05 Å². The van der Waals surface area contributed by atoms with Crippen molar-refractivity contribution in [2.24, 2.45) is 4.99 Å². The summed E-state index contributed by atoms with van der Waals surface area (Å²) in [4.78, 5) is 4.29. The first-order valence-corrected chi connectivity index (χ1v) is 9.35. The fourth-order valence-electron chi connectivity index (χ4n) is 2.94. The number of rotatable bonds is 7. The lowest BCUT2D eigenvalue weighted by Crippen LogP contribution is -2.37. The number of aryl methyl sites for hydroxylation is 2. The van der Waals surface area contributed by atoms with Crippen molar-refractivity contribution in [1.29, 1.82) is 0 Å². The molecular formula is C22H28IN5. The van der Waals surface area contributed by atoms with Crippen LogP contribution >= 0.6 is 24.0 Å². The lowest BCUT2D eigenvalue weighted by atomic mass is 10.1. The molecule has 0 bridgehead atoms. The number of guanidine groups is 1. The molecule has 0 unspecified atom stereocenters. The number of halogens is 1. The van der Waals surface area contributed by atoms with Crippen molar-refractivity contribution in [3.05, 3.63) is 83.7 Å². The monoisotopic (exact) mass is 489 g/mol. The normalized spacial score (nSPS) is 11.0. The summed E-state index contributed by atoms with van der Waals surface area (Å²) in [6.07, 6.45) is 4.14. The molecule has 0 aliphatic carbocycles. The van der Waals surface area contributed by atoms with E-state index in [0.717, 1.165) is 43.3 Å². The molecule has 0 fully saturated rings. The summed E-state index contributed by atoms with van der Waals surface area (Å²) in [5.74, 6) is 0.829. The second-order valence-electron chi connectivity index (χ2n) is 6.46. The highest BCUT2D eigenvalue weighted by molar-refractivity contribution is 14.0. The molecule has 0 radical (unpaired) electrons. The first kappa shape index (κ1) is 21.9. The standard InChI is InChI=1S/C22H27N5.HI/c1-18-20(17-27(26-18)21-13-7-4-8-14-21)12-9-15-24-22(23-2)25-16-19-10-5-3-6-11-19;/h3-8,10-11,13-14,17H,9,12,15-16H2,1-2H3,(H2,23,24,25);1H. The molecule has 6 heteroatoms. The Labute approximate surface area is 184 Å². The summed E-state index contributed by atoms with van der Waals surface area (Å²) < 4.78 is 1.96. The van der Waals surface area contributed by atoms with Gasteiger partial charge < -0.3 is 10.6 Å². The molecule has 0 aliphatic heterocycles. The quantitative estimate of drug-likeness (QED) is 0.228. The zero-order valence-corrected chi connectivity index (χ0v) is 18.8. The van der Waals surface area contributed by atoms with E-state index in [9.17, 15) is 0 Å². The molecule has 3 aromatic rings. The number of nitrogens with zero attached hydrogens (tertiary/aromatic N) is 3. The number of hydrogen-bond donors (Lipinski definition) is 2. The van der Waals surface area contributed by atoms with Gasteiger partial charge in [-0.1, -0.05) is 48.5 Å². The Balaban J connectivity index is 0.00000280. The Morgan fingerprint density at radius 2 is 1.68 bits per heavy atom. The average molecular weight is 489 g/mol. The minimum Gasteiger partial charge on any atom is -0.356 e. The number of aliphatic imine (C=N–C) groups is 1. The molecule has 148 valence electrons. The highest BCUT2D eigenvalue weighted by Crippen LogP contribution is 2.13. The number of aromatic nitrogens is 2. The molecule has 0 atom stereocenters. The maximum atomic E-state index is 4.63. The van der Waals surface area contributed by atoms with Gasteiger partial charge in [0.1, 0.15) is 0 Å². The van der Waals surface area contributed by atoms with Crippen molar-refractivity contribution in [2.45, 2.75) is 26.3 Å². The lowest BCUT2D eigenvalue weighted by molar-refractivity contribution is 0.740. The van der Waals surface area contributed by atoms with Crippen LogP contribution in [0.4, 0.5) is 0 Å². The molecule has 1 aromatic heterocycles. The van der Waals surface area contributed by atoms with Crippen molar-refractivity contribution in [3.63, 3.8) is 0 Å². The van der Waals surface area contributed by atoms with Crippen LogP contribution in [0.5, 0.6) is 0 Å². The summed E-state index contributed by atoms with van der Waals surface area (Å²) >= 11 is 0. The Morgan fingerprint density at radius 1 is 1.00 bits per heavy atom. The van der Waals surface area contributed by atoms with Crippen LogP contribution < -0.4 is 10.6 Å². The van der Waals surface area contributed by atoms with Gasteiger partial charge in [0, 0.05) is 26.3 Å². The van der Waals surface area contributed by atoms with E-state index in [1.807, 2.05) is 41.1 Å². The fourth-order valence-corrected chi connectivity index (χ4v) is 2.94. The van der Waals surface area contributed by atoms with Crippen LogP contribution in [0, 0.1) is 6.92 Å². The summed E-state index contributed by atoms with van der Waals surface area (Å²) in [5, 5.41) is 11.4. The third-order valence-corrected chi connectivity index (χ3v) is 4.46. The van der Waals surface area contributed by atoms with Gasteiger partial charge in [-0.2, -0.15) is 5.10 Å². The van der Waals surface area contributed by atoms with Gasteiger partial charge in [0.05, 0.1) is 11.4 Å². The minimum absolute atomic E-state index is 0. The molecule has 3 rings (SSSR count). The number of para-hydroxylation sites is 1. The Kier molecular flexibility index (Phi) is 9.00. The lowest BCUT2D eigenvalue weighted by Gasteiger charge is -2.11. The van der Waals surface area contributed by atoms with E-state index < -0.39 is 0 Å². The number of benzene rings is 2. The third kappa shape index (κ3) is 6.37. The fraction of sp³-hybridized carbons (Fsp3) is 0.273. The molecule has 1 heterocycles. The van der Waals surface area contributed by atoms with Crippen LogP contribution in [0.3, 0.4) is 0 Å². The molecule has 0 saturated heterocycles. The summed E-state index contributed by atoms with van der Waals surface area (Å²) in [5.41, 5.74) is 4.71. The van der Waals surface area contributed by atoms with E-state index in [1.165, 1.54) is 11.1 Å². The maximum Gasteiger partial charge on any atom is 0.191 e. The van der Waals surface area contributed by atoms with E-state index in [0.29, 0.717) is 0 Å². The van der Waals surface area contributed by atoms with Crippen LogP contribution in [-0.2, 0) is 13.0 Å². The first-order chi connectivity index (χ1) is 13.3. The van der Waals surface area contributed by atoms with Gasteiger partial charge >= 0.3 is 0 Å². The Bertz CT molecular complexity index is 859. The Hall–Kier alpha value is -2.35. The van der Waals surface area contributed by atoms with Gasteiger partial charge in [-0.3, -0.25) is 4.99 Å². The molecule has 2 aromatic carbocycles. The van der Waals surface area contributed by atoms with Crippen molar-refractivity contribution in [2.75, 3.05) is 13.6 Å². The van der Waals surface area contributed by atoms with E-state index in [4.69, 9.17) is 0 Å². The van der Waals surface area contributed by atoms with Gasteiger partial charge in [0.15, 0.2) is 5.96 Å². The second-order valence-corrected chi connectivity index (χ2v) is 6.46. The van der Waals surface area contributed by atoms with Gasteiger partial charge in [-0.05, 0) is 43.0 Å². The average Bonchev–Trinajstić information content (AvgIpc) is 3.09. The van der Waals surface area contributed by atoms with E-state index in [2.05, 4.69) is 58.1 Å². The molecular weight excluding hydrogens is 461 g/mol. The minimum atomic E-state index is 0. The molecule has 0 amide bonds. The predicted octanol–water partition coefficient (Wildman–Crippen LogP) is 4.10. The van der Waals surface area contributed by atoms with Gasteiger partial charge in [0.2, 0.25) is 0 Å². The highest BCUT2D eigenvalue weighted by atomic mass is 127. The zero-order valence-electron chi connectivity index (χ0n) is 16.4. The summed E-state index contributed by atoms with van der Waals surface area (Å²) in [7, 11) is 1.80. The van der Waals surface area contributed by atoms with Crippen molar-refractivity contribution >= 4 is 29.9 Å². The Morgan fingerprint density at radius 3 is 2.36 bits per heavy atom. The van der Waals surface area contributed by atoms with Crippen LogP contribution in [-0.4, -0.2) is 29.3 Å². The molecule has 5 nitrogen and oxygen atoms in total. The second kappa shape index (κ2) is 11.5. The van der Waals surface area contributed by atoms with E-state index >= 15 is 0 Å². The van der Waals surface area contributed by atoms with Crippen molar-refractivity contribution in [1.82, 2.24) is 20.4 Å². The highest BCUT2D eigenvalue weighted by Gasteiger charge is 2.06. The number of hydrogen-bond acceptors (Lipinski definition) is 2. The first-order valence-electron chi connectivity index (χ1n) is 9.35. The van der Waals surface area contributed by atoms with Gasteiger partial charge in [0.25, 0.3) is 0 Å². The van der Waals surface area contributed by atoms with Crippen LogP contribution in [0.15, 0.2) is 71.9 Å². The summed E-state index contributed by atoms with van der Waals surface area (Å²) in [6.45, 7) is 3.70. The maximum absolute atomic E-state index is 4.63. The molecule has 0 spiro atoms. The predicted molar refractivity (Wildman–Crippen MR) is 127 cm³/mol. The smallest absolute Gasteiger partial charge is 0.191 e. The third-order valence-electron chi connectivity index (χ3n) is 4.46. The summed E-state index contributed by atoms with van der Waals surface area (Å²) in [6, 6.07) is 20.6. The van der Waals surface area contributed by atoms with Crippen molar-refractivity contribution < 1.29 is 0 Å². The van der Waals surface area contributed by atoms with E-state index in [-0.39, 0.29) is 24.0 Å². The molecule has 28 heavy (non-hydrogen) atoms. The largest absolute Gasteiger partial charge is 0.356 e. The topological polar surface area (TPSA) is 54.2 Å².